The minimum absolute atomic E-state index is 0. The van der Waals surface area contributed by atoms with Crippen molar-refractivity contribution in [1.29, 1.82) is 0 Å². The Balaban J connectivity index is -0.00000133. The van der Waals surface area contributed by atoms with E-state index in [9.17, 15) is 4.79 Å². The summed E-state index contributed by atoms with van der Waals surface area (Å²) in [6, 6.07) is 6.91. The third-order valence-electron chi connectivity index (χ3n) is 2.91. The van der Waals surface area contributed by atoms with Gasteiger partial charge in [-0.1, -0.05) is 22.3 Å². The highest BCUT2D eigenvalue weighted by Gasteiger charge is 2.27. The number of hydrogen-bond donors (Lipinski definition) is 1. The van der Waals surface area contributed by atoms with Gasteiger partial charge in [0.2, 0.25) is 0 Å². The zero-order valence-corrected chi connectivity index (χ0v) is 12.2. The Labute approximate surface area is 141 Å². The third-order valence-corrected chi connectivity index (χ3v) is 2.91. The molecule has 0 fully saturated rings. The summed E-state index contributed by atoms with van der Waals surface area (Å²) in [6.45, 7) is 4.60. The second-order valence-corrected chi connectivity index (χ2v) is 4.75. The predicted octanol–water partition coefficient (Wildman–Crippen LogP) is 3.59. The van der Waals surface area contributed by atoms with Crippen molar-refractivity contribution in [3.8, 4) is 5.75 Å². The van der Waals surface area contributed by atoms with E-state index in [2.05, 4.69) is 0 Å². The van der Waals surface area contributed by atoms with Crippen LogP contribution in [0.15, 0.2) is 24.3 Å². The van der Waals surface area contributed by atoms with Crippen molar-refractivity contribution in [1.82, 2.24) is 0 Å². The molecule has 0 atom stereocenters. The van der Waals surface area contributed by atoms with E-state index in [4.69, 9.17) is 19.3 Å². The Kier molecular flexibility index (Phi) is 15.0. The molecule has 0 aliphatic rings. The van der Waals surface area contributed by atoms with Crippen LogP contribution in [0.4, 0.5) is 0 Å². The maximum Gasteiger partial charge on any atom is 0.194 e. The maximum atomic E-state index is 12.1. The number of Topliss-reactive ketones (excluding diaryl/α,β-unsaturated/α-hetero) is 1. The number of aliphatic hydroxyl groups is 1. The highest BCUT2D eigenvalue weighted by atomic mass is 16.5. The number of carbonyl (C=O) groups is 1. The van der Waals surface area contributed by atoms with Crippen molar-refractivity contribution in [3.05, 3.63) is 29.8 Å². The lowest BCUT2D eigenvalue weighted by Crippen LogP contribution is -2.33. The maximum absolute atomic E-state index is 12.1. The van der Waals surface area contributed by atoms with Crippen molar-refractivity contribution in [3.63, 3.8) is 0 Å². The van der Waals surface area contributed by atoms with Crippen molar-refractivity contribution < 1.29 is 24.1 Å². The molecule has 0 bridgehead atoms. The van der Waals surface area contributed by atoms with Crippen LogP contribution in [0.5, 0.6) is 5.75 Å². The molecule has 0 unspecified atom stereocenters. The highest BCUT2D eigenvalue weighted by Crippen LogP contribution is 2.19. The molecule has 0 amide bonds. The normalized spacial score (nSPS) is 9.91. The van der Waals surface area contributed by atoms with Gasteiger partial charge in [-0.3, -0.25) is 4.79 Å². The Morgan fingerprint density at radius 3 is 2.09 bits per heavy atom. The smallest absolute Gasteiger partial charge is 0.194 e. The number of rotatable bonds is 9. The number of carbonyl (C=O) groups excluding carboxylic acids is 1. The highest BCUT2D eigenvalue weighted by molar-refractivity contribution is 6.02. The number of ketones is 1. The van der Waals surface area contributed by atoms with Crippen molar-refractivity contribution in [2.45, 2.75) is 41.7 Å². The zero-order chi connectivity index (χ0) is 15.0. The summed E-state index contributed by atoms with van der Waals surface area (Å²) in [7, 11) is 1.52. The van der Waals surface area contributed by atoms with E-state index < -0.39 is 5.60 Å². The summed E-state index contributed by atoms with van der Waals surface area (Å²) in [5, 5.41) is 8.54. The van der Waals surface area contributed by atoms with Crippen LogP contribution in [-0.2, 0) is 9.47 Å². The molecule has 1 rings (SSSR count). The first-order valence-corrected chi connectivity index (χ1v) is 6.52. The molecule has 23 heavy (non-hydrogen) atoms. The SMILES string of the molecule is C.C.C.COC(C)(C)C(=O)c1ccc(OCCOCCO)cc1. The molecule has 0 heterocycles. The molecular formula is C18H34O5. The summed E-state index contributed by atoms with van der Waals surface area (Å²) >= 11 is 0. The van der Waals surface area contributed by atoms with Gasteiger partial charge in [0.25, 0.3) is 0 Å². The van der Waals surface area contributed by atoms with Crippen LogP contribution in [0.1, 0.15) is 46.5 Å². The largest absolute Gasteiger partial charge is 0.491 e. The van der Waals surface area contributed by atoms with Gasteiger partial charge in [0.05, 0.1) is 19.8 Å². The molecule has 0 saturated carbocycles. The van der Waals surface area contributed by atoms with Crippen molar-refractivity contribution in [2.24, 2.45) is 0 Å². The van der Waals surface area contributed by atoms with E-state index in [0.29, 0.717) is 31.1 Å². The Hall–Kier alpha value is -1.43. The number of methoxy groups -OCH3 is 1. The zero-order valence-electron chi connectivity index (χ0n) is 12.2. The average Bonchev–Trinajstić information content (AvgIpc) is 2.47. The molecular weight excluding hydrogens is 296 g/mol. The molecule has 1 N–H and O–H groups in total. The van der Waals surface area contributed by atoms with E-state index in [0.717, 1.165) is 0 Å². The fourth-order valence-corrected chi connectivity index (χ4v) is 1.53. The van der Waals surface area contributed by atoms with Crippen LogP contribution in [0, 0.1) is 0 Å². The second-order valence-electron chi connectivity index (χ2n) is 4.75. The third kappa shape index (κ3) is 8.69. The van der Waals surface area contributed by atoms with Gasteiger partial charge in [-0.15, -0.1) is 0 Å². The van der Waals surface area contributed by atoms with Crippen LogP contribution in [-0.4, -0.2) is 50.0 Å². The van der Waals surface area contributed by atoms with Gasteiger partial charge in [0.15, 0.2) is 5.78 Å². The quantitative estimate of drug-likeness (QED) is 0.554. The number of benzene rings is 1. The van der Waals surface area contributed by atoms with Gasteiger partial charge in [-0.2, -0.15) is 0 Å². The topological polar surface area (TPSA) is 65.0 Å². The van der Waals surface area contributed by atoms with E-state index in [-0.39, 0.29) is 34.7 Å². The van der Waals surface area contributed by atoms with Gasteiger partial charge in [-0.05, 0) is 38.1 Å². The molecule has 0 radical (unpaired) electrons. The molecule has 0 aliphatic carbocycles. The molecule has 5 heteroatoms. The second kappa shape index (κ2) is 13.0. The summed E-state index contributed by atoms with van der Waals surface area (Å²) < 4.78 is 15.7. The van der Waals surface area contributed by atoms with Crippen LogP contribution in [0.3, 0.4) is 0 Å². The summed E-state index contributed by atoms with van der Waals surface area (Å²) in [4.78, 5) is 12.1. The molecule has 1 aromatic carbocycles. The monoisotopic (exact) mass is 330 g/mol. The molecule has 136 valence electrons. The number of ether oxygens (including phenoxy) is 3. The molecule has 0 aliphatic heterocycles. The number of aliphatic hydroxyl groups excluding tert-OH is 1. The standard InChI is InChI=1S/C15H22O5.3CH4/c1-15(2,18-3)14(17)12-4-6-13(7-5-12)20-11-10-19-9-8-16;;;/h4-7,16H,8-11H2,1-3H3;3*1H4. The van der Waals surface area contributed by atoms with Crippen molar-refractivity contribution >= 4 is 5.78 Å². The predicted molar refractivity (Wildman–Crippen MR) is 95.5 cm³/mol. The minimum Gasteiger partial charge on any atom is -0.491 e. The van der Waals surface area contributed by atoms with E-state index in [1.165, 1.54) is 7.11 Å². The van der Waals surface area contributed by atoms with Gasteiger partial charge >= 0.3 is 0 Å². The molecule has 0 spiro atoms. The fourth-order valence-electron chi connectivity index (χ4n) is 1.53. The first kappa shape index (κ1) is 26.5. The molecule has 5 nitrogen and oxygen atoms in total. The Morgan fingerprint density at radius 2 is 1.61 bits per heavy atom. The van der Waals surface area contributed by atoms with Gasteiger partial charge in [-0.25, -0.2) is 0 Å². The first-order chi connectivity index (χ1) is 9.51. The van der Waals surface area contributed by atoms with Gasteiger partial charge < -0.3 is 19.3 Å². The average molecular weight is 330 g/mol. The number of hydrogen-bond acceptors (Lipinski definition) is 5. The van der Waals surface area contributed by atoms with Crippen LogP contribution in [0.25, 0.3) is 0 Å². The van der Waals surface area contributed by atoms with Crippen LogP contribution in [0.2, 0.25) is 0 Å². The summed E-state index contributed by atoms with van der Waals surface area (Å²) in [5.41, 5.74) is -0.249. The summed E-state index contributed by atoms with van der Waals surface area (Å²) in [6.07, 6.45) is 0. The van der Waals surface area contributed by atoms with Crippen LogP contribution >= 0.6 is 0 Å². The van der Waals surface area contributed by atoms with Crippen LogP contribution < -0.4 is 4.74 Å². The summed E-state index contributed by atoms with van der Waals surface area (Å²) in [5.74, 6) is 0.599. The van der Waals surface area contributed by atoms with Gasteiger partial charge in [0, 0.05) is 12.7 Å². The van der Waals surface area contributed by atoms with Gasteiger partial charge in [0.1, 0.15) is 18.0 Å². The van der Waals surface area contributed by atoms with E-state index >= 15 is 0 Å². The van der Waals surface area contributed by atoms with Crippen molar-refractivity contribution in [2.75, 3.05) is 33.5 Å². The lowest BCUT2D eigenvalue weighted by Gasteiger charge is -2.21. The lowest BCUT2D eigenvalue weighted by molar-refractivity contribution is 0.0228. The Bertz CT molecular complexity index is 412. The lowest BCUT2D eigenvalue weighted by atomic mass is 9.96. The Morgan fingerprint density at radius 1 is 1.04 bits per heavy atom. The first-order valence-electron chi connectivity index (χ1n) is 6.52. The molecule has 0 aromatic heterocycles. The van der Waals surface area contributed by atoms with E-state index in [1.807, 2.05) is 0 Å². The van der Waals surface area contributed by atoms with E-state index in [1.54, 1.807) is 38.1 Å². The minimum atomic E-state index is -0.833. The fraction of sp³-hybridized carbons (Fsp3) is 0.611. The molecule has 0 saturated heterocycles. The molecule has 1 aromatic rings.